The lowest BCUT2D eigenvalue weighted by Crippen LogP contribution is -2.36. The fourth-order valence-electron chi connectivity index (χ4n) is 3.06. The van der Waals surface area contributed by atoms with Gasteiger partial charge in [0, 0.05) is 24.8 Å². The highest BCUT2D eigenvalue weighted by molar-refractivity contribution is 5.92. The van der Waals surface area contributed by atoms with Crippen molar-refractivity contribution in [3.8, 4) is 0 Å². The van der Waals surface area contributed by atoms with Crippen molar-refractivity contribution in [1.29, 1.82) is 0 Å². The molecule has 116 valence electrons. The number of amides is 1. The fourth-order valence-corrected chi connectivity index (χ4v) is 3.06. The van der Waals surface area contributed by atoms with Crippen LogP contribution < -0.4 is 5.73 Å². The number of carbonyl (C=O) groups excluding carboxylic acids is 1. The Hall–Kier alpha value is -2.14. The molecule has 1 aromatic heterocycles. The fraction of sp³-hybridized carbons (Fsp3) is 0.412. The molecule has 2 N–H and O–H groups in total. The van der Waals surface area contributed by atoms with E-state index in [1.807, 2.05) is 18.3 Å². The van der Waals surface area contributed by atoms with Gasteiger partial charge in [-0.2, -0.15) is 5.10 Å². The summed E-state index contributed by atoms with van der Waals surface area (Å²) in [5.41, 5.74) is 8.25. The van der Waals surface area contributed by atoms with Crippen LogP contribution in [0.4, 0.5) is 0 Å². The second-order valence-corrected chi connectivity index (χ2v) is 6.09. The highest BCUT2D eigenvalue weighted by atomic mass is 16.1. The van der Waals surface area contributed by atoms with Crippen LogP contribution in [0.3, 0.4) is 0 Å². The van der Waals surface area contributed by atoms with Gasteiger partial charge >= 0.3 is 0 Å². The number of hydrogen-bond acceptors (Lipinski definition) is 3. The van der Waals surface area contributed by atoms with Crippen molar-refractivity contribution in [1.82, 2.24) is 14.7 Å². The molecule has 1 aliphatic heterocycles. The summed E-state index contributed by atoms with van der Waals surface area (Å²) in [5.74, 6) is -0.376. The first-order valence-corrected chi connectivity index (χ1v) is 7.73. The third-order valence-corrected chi connectivity index (χ3v) is 4.23. The van der Waals surface area contributed by atoms with Gasteiger partial charge in [-0.15, -0.1) is 0 Å². The van der Waals surface area contributed by atoms with Crippen molar-refractivity contribution in [2.75, 3.05) is 13.1 Å². The molecule has 2 heterocycles. The number of benzene rings is 1. The zero-order valence-electron chi connectivity index (χ0n) is 12.9. The van der Waals surface area contributed by atoms with Gasteiger partial charge in [0.1, 0.15) is 0 Å². The topological polar surface area (TPSA) is 64.2 Å². The molecule has 22 heavy (non-hydrogen) atoms. The molecule has 0 bridgehead atoms. The average molecular weight is 298 g/mol. The lowest BCUT2D eigenvalue weighted by atomic mass is 10.0. The average Bonchev–Trinajstić information content (AvgIpc) is 2.95. The summed E-state index contributed by atoms with van der Waals surface area (Å²) in [7, 11) is 0. The second-order valence-electron chi connectivity index (χ2n) is 6.09. The van der Waals surface area contributed by atoms with E-state index in [0.29, 0.717) is 11.6 Å². The molecule has 1 saturated heterocycles. The van der Waals surface area contributed by atoms with Gasteiger partial charge in [0.2, 0.25) is 5.91 Å². The van der Waals surface area contributed by atoms with Crippen molar-refractivity contribution >= 4 is 5.91 Å². The largest absolute Gasteiger partial charge is 0.366 e. The first-order chi connectivity index (χ1) is 10.6. The van der Waals surface area contributed by atoms with E-state index in [4.69, 9.17) is 5.73 Å². The minimum absolute atomic E-state index is 0.376. The van der Waals surface area contributed by atoms with Crippen LogP contribution >= 0.6 is 0 Å². The van der Waals surface area contributed by atoms with Crippen molar-refractivity contribution < 1.29 is 4.79 Å². The van der Waals surface area contributed by atoms with Crippen LogP contribution in [0.2, 0.25) is 0 Å². The molecule has 2 aromatic rings. The molecule has 1 atom stereocenters. The van der Waals surface area contributed by atoms with Gasteiger partial charge in [-0.3, -0.25) is 14.4 Å². The molecule has 3 rings (SSSR count). The molecule has 5 heteroatoms. The summed E-state index contributed by atoms with van der Waals surface area (Å²) >= 11 is 0. The number of carbonyl (C=O) groups is 1. The molecule has 1 unspecified atom stereocenters. The van der Waals surface area contributed by atoms with Crippen LogP contribution in [-0.4, -0.2) is 33.7 Å². The van der Waals surface area contributed by atoms with Crippen LogP contribution in [0.5, 0.6) is 0 Å². The van der Waals surface area contributed by atoms with Gasteiger partial charge in [0.15, 0.2) is 0 Å². The van der Waals surface area contributed by atoms with E-state index < -0.39 is 0 Å². The molecular weight excluding hydrogens is 276 g/mol. The highest BCUT2D eigenvalue weighted by Gasteiger charge is 2.21. The normalized spacial score (nSPS) is 19.2. The van der Waals surface area contributed by atoms with E-state index in [1.165, 1.54) is 24.0 Å². The van der Waals surface area contributed by atoms with E-state index in [0.717, 1.165) is 19.6 Å². The van der Waals surface area contributed by atoms with Gasteiger partial charge in [-0.05, 0) is 49.6 Å². The van der Waals surface area contributed by atoms with Crippen molar-refractivity contribution in [2.45, 2.75) is 32.4 Å². The molecule has 1 aliphatic rings. The predicted octanol–water partition coefficient (Wildman–Crippen LogP) is 2.13. The van der Waals surface area contributed by atoms with Crippen LogP contribution in [0, 0.1) is 6.92 Å². The summed E-state index contributed by atoms with van der Waals surface area (Å²) in [6, 6.07) is 8.03. The quantitative estimate of drug-likeness (QED) is 0.940. The predicted molar refractivity (Wildman–Crippen MR) is 85.5 cm³/mol. The number of aryl methyl sites for hydroxylation is 1. The summed E-state index contributed by atoms with van der Waals surface area (Å²) < 4.78 is 2.09. The maximum atomic E-state index is 11.1. The number of likely N-dealkylation sites (tertiary alicyclic amines) is 1. The van der Waals surface area contributed by atoms with E-state index in [-0.39, 0.29) is 5.91 Å². The minimum atomic E-state index is -0.376. The van der Waals surface area contributed by atoms with Crippen LogP contribution in [0.15, 0.2) is 36.7 Å². The Labute approximate surface area is 130 Å². The number of nitrogens with two attached hydrogens (primary N) is 1. The summed E-state index contributed by atoms with van der Waals surface area (Å²) in [5, 5.41) is 4.45. The van der Waals surface area contributed by atoms with Gasteiger partial charge in [-0.25, -0.2) is 0 Å². The Morgan fingerprint density at radius 3 is 2.77 bits per heavy atom. The number of piperidine rings is 1. The maximum absolute atomic E-state index is 11.1. The molecule has 1 amide bonds. The number of aromatic nitrogens is 2. The zero-order chi connectivity index (χ0) is 15.5. The van der Waals surface area contributed by atoms with Crippen molar-refractivity contribution in [3.63, 3.8) is 0 Å². The number of primary amides is 1. The molecule has 0 radical (unpaired) electrons. The van der Waals surface area contributed by atoms with E-state index in [2.05, 4.69) is 27.8 Å². The molecule has 0 spiro atoms. The van der Waals surface area contributed by atoms with Gasteiger partial charge in [-0.1, -0.05) is 12.1 Å². The lowest BCUT2D eigenvalue weighted by Gasteiger charge is -2.32. The molecule has 0 aliphatic carbocycles. The minimum Gasteiger partial charge on any atom is -0.366 e. The Kier molecular flexibility index (Phi) is 4.24. The Balaban J connectivity index is 1.63. The summed E-state index contributed by atoms with van der Waals surface area (Å²) in [4.78, 5) is 13.6. The Bertz CT molecular complexity index is 647. The summed E-state index contributed by atoms with van der Waals surface area (Å²) in [6.07, 6.45) is 6.40. The molecule has 1 aromatic carbocycles. The van der Waals surface area contributed by atoms with Crippen LogP contribution in [0.25, 0.3) is 0 Å². The van der Waals surface area contributed by atoms with Crippen molar-refractivity contribution in [3.05, 3.63) is 53.3 Å². The zero-order valence-corrected chi connectivity index (χ0v) is 12.9. The molecule has 1 fully saturated rings. The van der Waals surface area contributed by atoms with E-state index in [9.17, 15) is 4.79 Å². The Morgan fingerprint density at radius 2 is 2.14 bits per heavy atom. The second kappa shape index (κ2) is 6.32. The smallest absolute Gasteiger partial charge is 0.248 e. The first-order valence-electron chi connectivity index (χ1n) is 7.73. The van der Waals surface area contributed by atoms with Crippen LogP contribution in [-0.2, 0) is 6.54 Å². The SMILES string of the molecule is Cc1cnn(C2CCCN(Cc3ccc(C(N)=O)cc3)C2)c1. The lowest BCUT2D eigenvalue weighted by molar-refractivity contribution is 0.100. The Morgan fingerprint density at radius 1 is 1.36 bits per heavy atom. The maximum Gasteiger partial charge on any atom is 0.248 e. The monoisotopic (exact) mass is 298 g/mol. The highest BCUT2D eigenvalue weighted by Crippen LogP contribution is 2.22. The van der Waals surface area contributed by atoms with Crippen LogP contribution in [0.1, 0.15) is 40.4 Å². The van der Waals surface area contributed by atoms with E-state index in [1.54, 1.807) is 12.1 Å². The molecule has 5 nitrogen and oxygen atoms in total. The third-order valence-electron chi connectivity index (χ3n) is 4.23. The van der Waals surface area contributed by atoms with Crippen molar-refractivity contribution in [2.24, 2.45) is 5.73 Å². The number of hydrogen-bond donors (Lipinski definition) is 1. The van der Waals surface area contributed by atoms with E-state index >= 15 is 0 Å². The summed E-state index contributed by atoms with van der Waals surface area (Å²) in [6.45, 7) is 5.09. The number of nitrogens with zero attached hydrogens (tertiary/aromatic N) is 3. The van der Waals surface area contributed by atoms with Gasteiger partial charge in [0.05, 0.1) is 12.2 Å². The third kappa shape index (κ3) is 3.36. The van der Waals surface area contributed by atoms with Gasteiger partial charge in [0.25, 0.3) is 0 Å². The molecule has 0 saturated carbocycles. The first kappa shape index (κ1) is 14.8. The standard InChI is InChI=1S/C17H22N4O/c1-13-9-19-21(10-13)16-3-2-8-20(12-16)11-14-4-6-15(7-5-14)17(18)22/h4-7,9-10,16H,2-3,8,11-12H2,1H3,(H2,18,22). The van der Waals surface area contributed by atoms with Gasteiger partial charge < -0.3 is 5.73 Å². The number of rotatable bonds is 4. The molecular formula is C17H22N4O.